The molecule has 0 unspecified atom stereocenters. The molecule has 2 aromatic carbocycles. The topological polar surface area (TPSA) is 131 Å². The summed E-state index contributed by atoms with van der Waals surface area (Å²) < 4.78 is 11.1. The van der Waals surface area contributed by atoms with Crippen molar-refractivity contribution in [3.05, 3.63) is 53.6 Å². The first-order valence-corrected chi connectivity index (χ1v) is 11.9. The summed E-state index contributed by atoms with van der Waals surface area (Å²) in [7, 11) is 1.79. The lowest BCUT2D eigenvalue weighted by atomic mass is 9.94. The van der Waals surface area contributed by atoms with Crippen molar-refractivity contribution in [3.63, 3.8) is 0 Å². The van der Waals surface area contributed by atoms with Gasteiger partial charge in [0.15, 0.2) is 6.61 Å². The Kier molecular flexibility index (Phi) is 9.48. The normalized spacial score (nSPS) is 13.7. The zero-order valence-corrected chi connectivity index (χ0v) is 20.0. The number of carbonyl (C=O) groups is 3. The molecule has 188 valence electrons. The molecule has 3 rings (SSSR count). The van der Waals surface area contributed by atoms with Crippen molar-refractivity contribution in [1.29, 1.82) is 0 Å². The van der Waals surface area contributed by atoms with E-state index in [1.807, 2.05) is 0 Å². The third-order valence-electron chi connectivity index (χ3n) is 6.01. The van der Waals surface area contributed by atoms with Crippen LogP contribution in [0.3, 0.4) is 0 Å². The maximum atomic E-state index is 13.1. The van der Waals surface area contributed by atoms with Crippen LogP contribution in [0.1, 0.15) is 59.2 Å². The van der Waals surface area contributed by atoms with Crippen molar-refractivity contribution in [2.75, 3.05) is 32.1 Å². The Labute approximate surface area is 205 Å². The summed E-state index contributed by atoms with van der Waals surface area (Å²) in [6.45, 7) is 0.233. The quantitative estimate of drug-likeness (QED) is 0.417. The molecule has 2 amide bonds. The summed E-state index contributed by atoms with van der Waals surface area (Å²) >= 11 is 0. The Morgan fingerprint density at radius 3 is 2.51 bits per heavy atom. The third-order valence-corrected chi connectivity index (χ3v) is 6.01. The van der Waals surface area contributed by atoms with Gasteiger partial charge in [-0.25, -0.2) is 4.79 Å². The number of nitrogens with two attached hydrogens (primary N) is 1. The molecule has 4 N–H and O–H groups in total. The number of amides is 2. The summed E-state index contributed by atoms with van der Waals surface area (Å²) in [5.41, 5.74) is 6.44. The van der Waals surface area contributed by atoms with Gasteiger partial charge in [-0.15, -0.1) is 0 Å². The molecular formula is C26H33N3O6. The van der Waals surface area contributed by atoms with E-state index in [0.29, 0.717) is 36.4 Å². The summed E-state index contributed by atoms with van der Waals surface area (Å²) in [6, 6.07) is 11.6. The Balaban J connectivity index is 1.81. The van der Waals surface area contributed by atoms with Crippen LogP contribution in [0.4, 0.5) is 5.69 Å². The van der Waals surface area contributed by atoms with Gasteiger partial charge in [0.05, 0.1) is 17.9 Å². The van der Waals surface area contributed by atoms with Crippen LogP contribution in [-0.2, 0) is 4.79 Å². The van der Waals surface area contributed by atoms with E-state index in [-0.39, 0.29) is 23.4 Å². The highest BCUT2D eigenvalue weighted by Crippen LogP contribution is 2.30. The Hall–Kier alpha value is -3.59. The molecule has 0 heterocycles. The number of nitrogens with zero attached hydrogens (tertiary/aromatic N) is 1. The number of para-hydroxylation sites is 1. The monoisotopic (exact) mass is 483 g/mol. The fourth-order valence-electron chi connectivity index (χ4n) is 4.09. The first kappa shape index (κ1) is 26.0. The van der Waals surface area contributed by atoms with Crippen molar-refractivity contribution in [2.45, 2.75) is 44.6 Å². The van der Waals surface area contributed by atoms with Crippen molar-refractivity contribution >= 4 is 23.5 Å². The molecule has 0 atom stereocenters. The number of carboxylic acids is 1. The van der Waals surface area contributed by atoms with Crippen molar-refractivity contribution in [2.24, 2.45) is 5.73 Å². The highest BCUT2D eigenvalue weighted by atomic mass is 16.5. The molecule has 1 aliphatic carbocycles. The van der Waals surface area contributed by atoms with Crippen LogP contribution >= 0.6 is 0 Å². The fraction of sp³-hybridized carbons (Fsp3) is 0.423. The van der Waals surface area contributed by atoms with Crippen molar-refractivity contribution in [1.82, 2.24) is 4.90 Å². The van der Waals surface area contributed by atoms with Crippen molar-refractivity contribution < 1.29 is 29.0 Å². The standard InChI is InChI=1S/C26H33N3O6/c1-29(19-8-3-2-4-9-19)26(33)18-12-13-21(23(16-18)35-17-24(30)31)28-25(32)20-10-5-6-11-22(20)34-15-7-14-27/h5-6,10-13,16,19H,2-4,7-9,14-15,17,27H2,1H3,(H,28,32)(H,30,31). The molecule has 0 aromatic heterocycles. The molecule has 9 heteroatoms. The lowest BCUT2D eigenvalue weighted by molar-refractivity contribution is -0.139. The lowest BCUT2D eigenvalue weighted by Crippen LogP contribution is -2.38. The summed E-state index contributed by atoms with van der Waals surface area (Å²) in [4.78, 5) is 39.0. The molecule has 35 heavy (non-hydrogen) atoms. The van der Waals surface area contributed by atoms with E-state index in [1.165, 1.54) is 12.5 Å². The van der Waals surface area contributed by atoms with Crippen LogP contribution in [0, 0.1) is 0 Å². The fourth-order valence-corrected chi connectivity index (χ4v) is 4.09. The van der Waals surface area contributed by atoms with Crippen LogP contribution in [0.25, 0.3) is 0 Å². The molecule has 0 spiro atoms. The average molecular weight is 484 g/mol. The number of carboxylic acid groups (broad SMARTS) is 1. The number of rotatable bonds is 11. The predicted octanol–water partition coefficient (Wildman–Crippen LogP) is 3.53. The molecule has 1 saturated carbocycles. The van der Waals surface area contributed by atoms with Crippen LogP contribution in [0.2, 0.25) is 0 Å². The van der Waals surface area contributed by atoms with Gasteiger partial charge >= 0.3 is 5.97 Å². The highest BCUT2D eigenvalue weighted by molar-refractivity contribution is 6.07. The minimum Gasteiger partial charge on any atom is -0.493 e. The third kappa shape index (κ3) is 7.19. The second-order valence-electron chi connectivity index (χ2n) is 8.54. The largest absolute Gasteiger partial charge is 0.493 e. The minimum absolute atomic E-state index is 0.102. The first-order chi connectivity index (χ1) is 16.9. The SMILES string of the molecule is CN(C(=O)c1ccc(NC(=O)c2ccccc2OCCCN)c(OCC(=O)O)c1)C1CCCCC1. The van der Waals surface area contributed by atoms with E-state index >= 15 is 0 Å². The number of hydrogen-bond acceptors (Lipinski definition) is 6. The summed E-state index contributed by atoms with van der Waals surface area (Å²) in [5.74, 6) is -1.28. The summed E-state index contributed by atoms with van der Waals surface area (Å²) in [5, 5.41) is 11.8. The lowest BCUT2D eigenvalue weighted by Gasteiger charge is -2.31. The van der Waals surface area contributed by atoms with Crippen molar-refractivity contribution in [3.8, 4) is 11.5 Å². The number of ether oxygens (including phenoxy) is 2. The molecule has 0 saturated heterocycles. The van der Waals surface area contributed by atoms with Gasteiger partial charge in [-0.05, 0) is 56.1 Å². The van der Waals surface area contributed by atoms with Gasteiger partial charge in [-0.3, -0.25) is 9.59 Å². The molecule has 2 aromatic rings. The van der Waals surface area contributed by atoms with E-state index in [2.05, 4.69) is 5.32 Å². The molecule has 0 radical (unpaired) electrons. The molecular weight excluding hydrogens is 450 g/mol. The van der Waals surface area contributed by atoms with E-state index in [4.69, 9.17) is 20.3 Å². The average Bonchev–Trinajstić information content (AvgIpc) is 2.88. The molecule has 1 fully saturated rings. The molecule has 0 aliphatic heterocycles. The molecule has 1 aliphatic rings. The second-order valence-corrected chi connectivity index (χ2v) is 8.54. The number of nitrogens with one attached hydrogen (secondary N) is 1. The van der Waals surface area contributed by atoms with Gasteiger partial charge in [0.25, 0.3) is 11.8 Å². The van der Waals surface area contributed by atoms with Gasteiger partial charge in [0.1, 0.15) is 11.5 Å². The van der Waals surface area contributed by atoms with Gasteiger partial charge in [0.2, 0.25) is 0 Å². The zero-order valence-electron chi connectivity index (χ0n) is 20.0. The number of anilines is 1. The smallest absolute Gasteiger partial charge is 0.341 e. The Morgan fingerprint density at radius 2 is 1.80 bits per heavy atom. The van der Waals surface area contributed by atoms with Gasteiger partial charge in [0, 0.05) is 18.7 Å². The van der Waals surface area contributed by atoms with Crippen LogP contribution in [-0.4, -0.2) is 60.6 Å². The molecule has 9 nitrogen and oxygen atoms in total. The van der Waals surface area contributed by atoms with Crippen LogP contribution in [0.5, 0.6) is 11.5 Å². The number of aliphatic carboxylic acids is 1. The number of carbonyl (C=O) groups excluding carboxylic acids is 2. The maximum absolute atomic E-state index is 13.1. The Bertz CT molecular complexity index is 1040. The predicted molar refractivity (Wildman–Crippen MR) is 132 cm³/mol. The number of hydrogen-bond donors (Lipinski definition) is 3. The molecule has 0 bridgehead atoms. The van der Waals surface area contributed by atoms with Gasteiger partial charge in [-0.2, -0.15) is 0 Å². The van der Waals surface area contributed by atoms with Crippen LogP contribution < -0.4 is 20.5 Å². The number of benzene rings is 2. The maximum Gasteiger partial charge on any atom is 0.341 e. The highest BCUT2D eigenvalue weighted by Gasteiger charge is 2.24. The van der Waals surface area contributed by atoms with E-state index in [1.54, 1.807) is 48.3 Å². The first-order valence-electron chi connectivity index (χ1n) is 11.9. The second kappa shape index (κ2) is 12.8. The van der Waals surface area contributed by atoms with Gasteiger partial charge < -0.3 is 30.5 Å². The van der Waals surface area contributed by atoms with E-state index in [9.17, 15) is 14.4 Å². The van der Waals surface area contributed by atoms with Gasteiger partial charge in [-0.1, -0.05) is 31.4 Å². The van der Waals surface area contributed by atoms with E-state index in [0.717, 1.165) is 25.7 Å². The summed E-state index contributed by atoms with van der Waals surface area (Å²) in [6.07, 6.45) is 5.95. The zero-order chi connectivity index (χ0) is 25.2. The Morgan fingerprint density at radius 1 is 1.06 bits per heavy atom. The van der Waals surface area contributed by atoms with Crippen LogP contribution in [0.15, 0.2) is 42.5 Å². The van der Waals surface area contributed by atoms with E-state index < -0.39 is 18.5 Å². The minimum atomic E-state index is -1.17.